The molecule has 2 nitrogen and oxygen atoms in total. The first kappa shape index (κ1) is 32.4. The molecule has 2 aromatic rings. The van der Waals surface area contributed by atoms with Crippen LogP contribution >= 0.6 is 0 Å². The molecule has 0 fully saturated rings. The van der Waals surface area contributed by atoms with Gasteiger partial charge in [0.25, 0.3) is 0 Å². The molecule has 0 aromatic heterocycles. The molecular formula is C34H58N2. The Hall–Kier alpha value is -1.64. The average molecular weight is 495 g/mol. The standard InChI is InChI=1S/C16H25N.C14H21N.2C2H6/c1-12(2)16(3)11-10-13-8-6-7-9-14(13)15(16)17(4)5;1-11(2)14(3)9-12-7-5-6-8-13(12)10-15(14)4;2*1-2/h6-9,12,15H,10-11H2,1-5H3;5-8,11H,9-10H2,1-4H3;2*1-2H3. The van der Waals surface area contributed by atoms with Crippen molar-refractivity contribution in [2.45, 2.75) is 107 Å². The Kier molecular flexibility index (Phi) is 12.9. The van der Waals surface area contributed by atoms with Gasteiger partial charge < -0.3 is 4.90 Å². The second-order valence-corrected chi connectivity index (χ2v) is 11.5. The van der Waals surface area contributed by atoms with Crippen LogP contribution < -0.4 is 0 Å². The zero-order chi connectivity index (χ0) is 27.7. The van der Waals surface area contributed by atoms with Crippen LogP contribution in [0, 0.1) is 17.3 Å². The lowest BCUT2D eigenvalue weighted by Crippen LogP contribution is -2.52. The van der Waals surface area contributed by atoms with Crippen molar-refractivity contribution >= 4 is 0 Å². The Morgan fingerprint density at radius 2 is 1.28 bits per heavy atom. The molecule has 0 N–H and O–H groups in total. The summed E-state index contributed by atoms with van der Waals surface area (Å²) in [6, 6.07) is 18.4. The van der Waals surface area contributed by atoms with Gasteiger partial charge in [-0.3, -0.25) is 4.90 Å². The maximum atomic E-state index is 2.50. The summed E-state index contributed by atoms with van der Waals surface area (Å²) in [7, 11) is 6.68. The Morgan fingerprint density at radius 1 is 0.778 bits per heavy atom. The lowest BCUT2D eigenvalue weighted by Gasteiger charge is -2.48. The fourth-order valence-electron chi connectivity index (χ4n) is 5.88. The summed E-state index contributed by atoms with van der Waals surface area (Å²) >= 11 is 0. The van der Waals surface area contributed by atoms with E-state index in [9.17, 15) is 0 Å². The van der Waals surface area contributed by atoms with Gasteiger partial charge in [0.15, 0.2) is 0 Å². The minimum absolute atomic E-state index is 0.314. The van der Waals surface area contributed by atoms with Crippen LogP contribution in [-0.4, -0.2) is 36.5 Å². The minimum Gasteiger partial charge on any atom is -0.302 e. The zero-order valence-electron chi connectivity index (χ0n) is 26.1. The molecule has 1 heterocycles. The first-order valence-corrected chi connectivity index (χ1v) is 14.5. The predicted molar refractivity (Wildman–Crippen MR) is 162 cm³/mol. The highest BCUT2D eigenvalue weighted by Gasteiger charge is 2.42. The smallest absolute Gasteiger partial charge is 0.0400 e. The van der Waals surface area contributed by atoms with E-state index in [1.807, 2.05) is 27.7 Å². The van der Waals surface area contributed by atoms with Crippen LogP contribution in [-0.2, 0) is 19.4 Å². The highest BCUT2D eigenvalue weighted by molar-refractivity contribution is 5.35. The second kappa shape index (κ2) is 14.3. The Morgan fingerprint density at radius 3 is 1.78 bits per heavy atom. The lowest BCUT2D eigenvalue weighted by atomic mass is 9.63. The molecule has 2 aliphatic rings. The number of nitrogens with zero attached hydrogens (tertiary/aromatic N) is 2. The maximum absolute atomic E-state index is 2.50. The van der Waals surface area contributed by atoms with Gasteiger partial charge in [0, 0.05) is 18.1 Å². The van der Waals surface area contributed by atoms with Gasteiger partial charge >= 0.3 is 0 Å². The quantitative estimate of drug-likeness (QED) is 0.420. The molecule has 3 unspecified atom stereocenters. The summed E-state index contributed by atoms with van der Waals surface area (Å²) in [5.41, 5.74) is 6.82. The van der Waals surface area contributed by atoms with Crippen molar-refractivity contribution in [2.75, 3.05) is 21.1 Å². The number of fused-ring (bicyclic) bond motifs is 2. The monoisotopic (exact) mass is 494 g/mol. The summed E-state index contributed by atoms with van der Waals surface area (Å²) < 4.78 is 0. The average Bonchev–Trinajstić information content (AvgIpc) is 2.87. The molecule has 0 saturated carbocycles. The molecule has 2 heteroatoms. The highest BCUT2D eigenvalue weighted by atomic mass is 15.2. The van der Waals surface area contributed by atoms with Gasteiger partial charge in [-0.1, -0.05) is 111 Å². The van der Waals surface area contributed by atoms with Crippen LogP contribution in [0.2, 0.25) is 0 Å². The number of hydrogen-bond donors (Lipinski definition) is 0. The molecule has 2 aromatic carbocycles. The zero-order valence-corrected chi connectivity index (χ0v) is 26.1. The number of likely N-dealkylation sites (N-methyl/N-ethyl adjacent to an activating group) is 1. The molecule has 1 aliphatic heterocycles. The first-order valence-electron chi connectivity index (χ1n) is 14.5. The van der Waals surface area contributed by atoms with E-state index in [-0.39, 0.29) is 0 Å². The highest BCUT2D eigenvalue weighted by Crippen LogP contribution is 2.50. The van der Waals surface area contributed by atoms with Gasteiger partial charge in [0.05, 0.1) is 0 Å². The van der Waals surface area contributed by atoms with E-state index in [2.05, 4.69) is 121 Å². The Bertz CT molecular complexity index is 900. The van der Waals surface area contributed by atoms with Gasteiger partial charge in [-0.15, -0.1) is 0 Å². The summed E-state index contributed by atoms with van der Waals surface area (Å²) in [6.07, 6.45) is 3.71. The minimum atomic E-state index is 0.314. The topological polar surface area (TPSA) is 6.48 Å². The number of hydrogen-bond acceptors (Lipinski definition) is 2. The van der Waals surface area contributed by atoms with Gasteiger partial charge in [0.2, 0.25) is 0 Å². The van der Waals surface area contributed by atoms with Crippen molar-refractivity contribution in [1.29, 1.82) is 0 Å². The summed E-state index contributed by atoms with van der Waals surface area (Å²) in [4.78, 5) is 4.90. The van der Waals surface area contributed by atoms with E-state index in [1.165, 1.54) is 30.4 Å². The Labute approximate surface area is 225 Å². The van der Waals surface area contributed by atoms with Gasteiger partial charge in [-0.2, -0.15) is 0 Å². The van der Waals surface area contributed by atoms with E-state index in [0.717, 1.165) is 6.54 Å². The van der Waals surface area contributed by atoms with Crippen molar-refractivity contribution in [3.63, 3.8) is 0 Å². The molecule has 0 amide bonds. The molecular weight excluding hydrogens is 436 g/mol. The molecule has 0 radical (unpaired) electrons. The molecule has 4 rings (SSSR count). The number of aryl methyl sites for hydroxylation is 1. The van der Waals surface area contributed by atoms with E-state index in [0.29, 0.717) is 28.8 Å². The van der Waals surface area contributed by atoms with Crippen molar-refractivity contribution in [1.82, 2.24) is 9.80 Å². The molecule has 0 saturated heterocycles. The van der Waals surface area contributed by atoms with Gasteiger partial charge in [-0.25, -0.2) is 0 Å². The van der Waals surface area contributed by atoms with Crippen molar-refractivity contribution in [3.05, 3.63) is 70.8 Å². The largest absolute Gasteiger partial charge is 0.302 e. The number of benzene rings is 2. The van der Waals surface area contributed by atoms with Crippen LogP contribution in [0.15, 0.2) is 48.5 Å². The molecule has 36 heavy (non-hydrogen) atoms. The van der Waals surface area contributed by atoms with Crippen LogP contribution in [0.25, 0.3) is 0 Å². The molecule has 3 atom stereocenters. The molecule has 0 bridgehead atoms. The predicted octanol–water partition coefficient (Wildman–Crippen LogP) is 9.04. The van der Waals surface area contributed by atoms with Crippen molar-refractivity contribution in [3.8, 4) is 0 Å². The maximum Gasteiger partial charge on any atom is 0.0400 e. The molecule has 1 aliphatic carbocycles. The summed E-state index contributed by atoms with van der Waals surface area (Å²) in [6.45, 7) is 23.3. The normalized spacial score (nSPS) is 24.9. The fraction of sp³-hybridized carbons (Fsp3) is 0.647. The van der Waals surface area contributed by atoms with Crippen LogP contribution in [0.5, 0.6) is 0 Å². The van der Waals surface area contributed by atoms with E-state index in [4.69, 9.17) is 0 Å². The Balaban J connectivity index is 0.000000318. The van der Waals surface area contributed by atoms with E-state index >= 15 is 0 Å². The van der Waals surface area contributed by atoms with Gasteiger partial charge in [0.1, 0.15) is 0 Å². The second-order valence-electron chi connectivity index (χ2n) is 11.5. The summed E-state index contributed by atoms with van der Waals surface area (Å²) in [5, 5.41) is 0. The van der Waals surface area contributed by atoms with Crippen LogP contribution in [0.3, 0.4) is 0 Å². The van der Waals surface area contributed by atoms with Crippen molar-refractivity contribution < 1.29 is 0 Å². The van der Waals surface area contributed by atoms with Crippen LogP contribution in [0.4, 0.5) is 0 Å². The fourth-order valence-corrected chi connectivity index (χ4v) is 5.88. The van der Waals surface area contributed by atoms with Crippen LogP contribution in [0.1, 0.15) is 104 Å². The third-order valence-corrected chi connectivity index (χ3v) is 8.93. The SMILES string of the molecule is CC.CC.CC(C)C1(C)CCc2ccccc2C1N(C)C.CC(C)C1(C)Cc2ccccc2CN1C. The summed E-state index contributed by atoms with van der Waals surface area (Å²) in [5.74, 6) is 1.40. The first-order chi connectivity index (χ1) is 17.0. The lowest BCUT2D eigenvalue weighted by molar-refractivity contribution is 0.0505. The van der Waals surface area contributed by atoms with E-state index < -0.39 is 0 Å². The van der Waals surface area contributed by atoms with Crippen molar-refractivity contribution in [2.24, 2.45) is 17.3 Å². The third kappa shape index (κ3) is 7.01. The van der Waals surface area contributed by atoms with E-state index in [1.54, 1.807) is 11.1 Å². The van der Waals surface area contributed by atoms with Gasteiger partial charge in [-0.05, 0) is 86.8 Å². The third-order valence-electron chi connectivity index (χ3n) is 8.93. The molecule has 204 valence electrons. The molecule has 0 spiro atoms. The number of rotatable bonds is 3.